The molecule has 1 amide bonds. The van der Waals surface area contributed by atoms with Crippen molar-refractivity contribution < 1.29 is 9.90 Å². The van der Waals surface area contributed by atoms with Crippen molar-refractivity contribution in [2.24, 2.45) is 0 Å². The van der Waals surface area contributed by atoms with Crippen LogP contribution in [0.3, 0.4) is 0 Å². The van der Waals surface area contributed by atoms with Gasteiger partial charge in [-0.1, -0.05) is 26.0 Å². The van der Waals surface area contributed by atoms with E-state index in [1.165, 1.54) is 5.56 Å². The third kappa shape index (κ3) is 1.37. The second-order valence-corrected chi connectivity index (χ2v) is 5.39. The standard InChI is InChI=1S/C13H16N2O2/c1-13(2)6-7-15-10-8(13)4-3-5-9(10)14-11(16)12(15)17/h3-5,12,17H,6-7H2,1-2H3,(H,14,16). The van der Waals surface area contributed by atoms with E-state index in [1.807, 2.05) is 12.1 Å². The Hall–Kier alpha value is -1.55. The van der Waals surface area contributed by atoms with E-state index in [-0.39, 0.29) is 11.3 Å². The van der Waals surface area contributed by atoms with Gasteiger partial charge in [0, 0.05) is 6.54 Å². The molecule has 0 saturated heterocycles. The number of aliphatic hydroxyl groups is 1. The van der Waals surface area contributed by atoms with Gasteiger partial charge in [0.05, 0.1) is 11.4 Å². The fourth-order valence-corrected chi connectivity index (χ4v) is 2.73. The largest absolute Gasteiger partial charge is 0.365 e. The smallest absolute Gasteiger partial charge is 0.274 e. The van der Waals surface area contributed by atoms with Crippen molar-refractivity contribution in [3.63, 3.8) is 0 Å². The van der Waals surface area contributed by atoms with E-state index in [1.54, 1.807) is 4.90 Å². The van der Waals surface area contributed by atoms with Crippen LogP contribution >= 0.6 is 0 Å². The summed E-state index contributed by atoms with van der Waals surface area (Å²) in [6.07, 6.45) is -0.118. The third-order valence-corrected chi connectivity index (χ3v) is 3.82. The number of rotatable bonds is 0. The number of hydrogen-bond acceptors (Lipinski definition) is 3. The zero-order valence-electron chi connectivity index (χ0n) is 10.0. The summed E-state index contributed by atoms with van der Waals surface area (Å²) in [5.74, 6) is -0.339. The van der Waals surface area contributed by atoms with Crippen molar-refractivity contribution in [2.75, 3.05) is 16.8 Å². The van der Waals surface area contributed by atoms with Crippen molar-refractivity contribution >= 4 is 17.3 Å². The molecule has 0 aliphatic carbocycles. The minimum Gasteiger partial charge on any atom is -0.365 e. The molecule has 0 fully saturated rings. The highest BCUT2D eigenvalue weighted by Crippen LogP contribution is 2.45. The number of para-hydroxylation sites is 1. The molecule has 1 aromatic rings. The fraction of sp³-hybridized carbons (Fsp3) is 0.462. The minimum absolute atomic E-state index is 0.0869. The Labute approximate surface area is 100 Å². The average molecular weight is 232 g/mol. The molecule has 0 spiro atoms. The highest BCUT2D eigenvalue weighted by atomic mass is 16.3. The zero-order valence-corrected chi connectivity index (χ0v) is 10.0. The summed E-state index contributed by atoms with van der Waals surface area (Å²) in [6.45, 7) is 5.11. The number of nitrogens with zero attached hydrogens (tertiary/aromatic N) is 1. The molecule has 2 aliphatic heterocycles. The summed E-state index contributed by atoms with van der Waals surface area (Å²) in [4.78, 5) is 13.4. The molecular weight excluding hydrogens is 216 g/mol. The lowest BCUT2D eigenvalue weighted by Gasteiger charge is -2.45. The predicted octanol–water partition coefficient (Wildman–Crippen LogP) is 1.44. The molecule has 1 aromatic carbocycles. The van der Waals surface area contributed by atoms with Gasteiger partial charge in [0.25, 0.3) is 5.91 Å². The lowest BCUT2D eigenvalue weighted by Crippen LogP contribution is -2.52. The minimum atomic E-state index is -1.06. The Bertz CT molecular complexity index is 496. The maximum Gasteiger partial charge on any atom is 0.274 e. The highest BCUT2D eigenvalue weighted by molar-refractivity contribution is 6.03. The quantitative estimate of drug-likeness (QED) is 0.711. The molecule has 1 atom stereocenters. The second kappa shape index (κ2) is 3.23. The van der Waals surface area contributed by atoms with Gasteiger partial charge in [-0.3, -0.25) is 4.79 Å². The Morgan fingerprint density at radius 1 is 1.47 bits per heavy atom. The van der Waals surface area contributed by atoms with Crippen LogP contribution in [0.25, 0.3) is 0 Å². The van der Waals surface area contributed by atoms with E-state index in [2.05, 4.69) is 25.2 Å². The van der Waals surface area contributed by atoms with Gasteiger partial charge >= 0.3 is 0 Å². The van der Waals surface area contributed by atoms with Gasteiger partial charge in [0.15, 0.2) is 0 Å². The number of carbonyl (C=O) groups excluding carboxylic acids is 1. The Kier molecular flexibility index (Phi) is 2.01. The topological polar surface area (TPSA) is 52.6 Å². The molecule has 4 heteroatoms. The van der Waals surface area contributed by atoms with Crippen LogP contribution in [-0.2, 0) is 10.2 Å². The molecule has 2 heterocycles. The maximum atomic E-state index is 11.6. The molecule has 0 aromatic heterocycles. The molecule has 17 heavy (non-hydrogen) atoms. The summed E-state index contributed by atoms with van der Waals surface area (Å²) >= 11 is 0. The first-order valence-electron chi connectivity index (χ1n) is 5.90. The summed E-state index contributed by atoms with van der Waals surface area (Å²) < 4.78 is 0. The van der Waals surface area contributed by atoms with E-state index in [9.17, 15) is 9.90 Å². The van der Waals surface area contributed by atoms with Crippen molar-refractivity contribution in [2.45, 2.75) is 31.9 Å². The van der Waals surface area contributed by atoms with Crippen molar-refractivity contribution in [3.05, 3.63) is 23.8 Å². The summed E-state index contributed by atoms with van der Waals surface area (Å²) in [5.41, 5.74) is 3.07. The first kappa shape index (κ1) is 10.6. The van der Waals surface area contributed by atoms with Crippen LogP contribution in [-0.4, -0.2) is 23.8 Å². The van der Waals surface area contributed by atoms with Gasteiger partial charge in [0.2, 0.25) is 6.23 Å². The van der Waals surface area contributed by atoms with Crippen LogP contribution in [0, 0.1) is 0 Å². The van der Waals surface area contributed by atoms with E-state index in [0.29, 0.717) is 6.54 Å². The number of anilines is 2. The van der Waals surface area contributed by atoms with Gasteiger partial charge < -0.3 is 15.3 Å². The normalized spacial score (nSPS) is 25.2. The second-order valence-electron chi connectivity index (χ2n) is 5.39. The summed E-state index contributed by atoms with van der Waals surface area (Å²) in [7, 11) is 0. The van der Waals surface area contributed by atoms with Crippen LogP contribution in [0.1, 0.15) is 25.8 Å². The number of hydrogen-bond donors (Lipinski definition) is 2. The van der Waals surface area contributed by atoms with Crippen LogP contribution in [0.4, 0.5) is 11.4 Å². The molecule has 90 valence electrons. The molecule has 0 saturated carbocycles. The monoisotopic (exact) mass is 232 g/mol. The molecule has 2 aliphatic rings. The molecule has 3 rings (SSSR count). The number of aliphatic hydroxyl groups excluding tert-OH is 1. The lowest BCUT2D eigenvalue weighted by atomic mass is 9.77. The van der Waals surface area contributed by atoms with Crippen LogP contribution in [0.2, 0.25) is 0 Å². The average Bonchev–Trinajstić information content (AvgIpc) is 2.28. The van der Waals surface area contributed by atoms with E-state index in [0.717, 1.165) is 17.8 Å². The first-order valence-corrected chi connectivity index (χ1v) is 5.90. The Balaban J connectivity index is 2.24. The SMILES string of the molecule is CC1(C)CCN2c3c(cccc31)NC(=O)C2O. The van der Waals surface area contributed by atoms with E-state index in [4.69, 9.17) is 0 Å². The molecule has 0 bridgehead atoms. The van der Waals surface area contributed by atoms with Gasteiger partial charge in [-0.05, 0) is 23.5 Å². The first-order chi connectivity index (χ1) is 8.00. The van der Waals surface area contributed by atoms with E-state index < -0.39 is 6.23 Å². The fourth-order valence-electron chi connectivity index (χ4n) is 2.73. The lowest BCUT2D eigenvalue weighted by molar-refractivity contribution is -0.124. The Morgan fingerprint density at radius 2 is 2.24 bits per heavy atom. The Morgan fingerprint density at radius 3 is 3.00 bits per heavy atom. The van der Waals surface area contributed by atoms with Crippen LogP contribution in [0.5, 0.6) is 0 Å². The predicted molar refractivity (Wildman–Crippen MR) is 66.1 cm³/mol. The number of nitrogens with one attached hydrogen (secondary N) is 1. The number of benzene rings is 1. The van der Waals surface area contributed by atoms with Crippen molar-refractivity contribution in [3.8, 4) is 0 Å². The van der Waals surface area contributed by atoms with Crippen LogP contribution in [0.15, 0.2) is 18.2 Å². The van der Waals surface area contributed by atoms with Crippen LogP contribution < -0.4 is 10.2 Å². The third-order valence-electron chi connectivity index (χ3n) is 3.82. The van der Waals surface area contributed by atoms with Gasteiger partial charge in [0.1, 0.15) is 0 Å². The van der Waals surface area contributed by atoms with Gasteiger partial charge in [-0.2, -0.15) is 0 Å². The number of carbonyl (C=O) groups is 1. The summed E-state index contributed by atoms with van der Waals surface area (Å²) in [5, 5.41) is 12.7. The molecule has 2 N–H and O–H groups in total. The molecular formula is C13H16N2O2. The molecule has 1 unspecified atom stereocenters. The molecule has 4 nitrogen and oxygen atoms in total. The van der Waals surface area contributed by atoms with Gasteiger partial charge in [-0.15, -0.1) is 0 Å². The molecule has 0 radical (unpaired) electrons. The van der Waals surface area contributed by atoms with Crippen molar-refractivity contribution in [1.82, 2.24) is 0 Å². The van der Waals surface area contributed by atoms with E-state index >= 15 is 0 Å². The summed E-state index contributed by atoms with van der Waals surface area (Å²) in [6, 6.07) is 5.92. The zero-order chi connectivity index (χ0) is 12.2. The van der Waals surface area contributed by atoms with Crippen molar-refractivity contribution in [1.29, 1.82) is 0 Å². The maximum absolute atomic E-state index is 11.6. The highest BCUT2D eigenvalue weighted by Gasteiger charge is 2.40. The number of amides is 1. The van der Waals surface area contributed by atoms with Gasteiger partial charge in [-0.25, -0.2) is 0 Å².